The van der Waals surface area contributed by atoms with Gasteiger partial charge in [0.1, 0.15) is 24.4 Å². The van der Waals surface area contributed by atoms with E-state index in [0.717, 1.165) is 0 Å². The normalized spacial score (nSPS) is 36.7. The Balaban J connectivity index is 2.83. The molecule has 4 N–H and O–H groups in total. The van der Waals surface area contributed by atoms with E-state index < -0.39 is 37.3 Å². The molecule has 0 radical (unpaired) electrons. The fourth-order valence-electron chi connectivity index (χ4n) is 1.85. The van der Waals surface area contributed by atoms with Crippen molar-refractivity contribution >= 4 is 5.91 Å². The molecular weight excluding hydrogens is 242 g/mol. The maximum Gasteiger partial charge on any atom is 0.217 e. The molecule has 1 amide bonds. The number of hydrogen-bond acceptors (Lipinski definition) is 6. The first-order valence-electron chi connectivity index (χ1n) is 5.91. The van der Waals surface area contributed by atoms with Crippen LogP contribution in [0.15, 0.2) is 0 Å². The lowest BCUT2D eigenvalue weighted by Gasteiger charge is -2.42. The third-order valence-electron chi connectivity index (χ3n) is 2.66. The number of carbonyl (C=O) groups is 1. The van der Waals surface area contributed by atoms with E-state index in [2.05, 4.69) is 5.32 Å². The predicted octanol–water partition coefficient (Wildman–Crippen LogP) is -1.64. The lowest BCUT2D eigenvalue weighted by molar-refractivity contribution is -0.278. The maximum atomic E-state index is 11.1. The Kier molecular flexibility index (Phi) is 5.48. The van der Waals surface area contributed by atoms with Crippen molar-refractivity contribution in [1.29, 1.82) is 0 Å². The summed E-state index contributed by atoms with van der Waals surface area (Å²) in [6.07, 6.45) is -4.58. The zero-order chi connectivity index (χ0) is 13.9. The first-order valence-corrected chi connectivity index (χ1v) is 5.91. The van der Waals surface area contributed by atoms with Crippen LogP contribution in [0.2, 0.25) is 0 Å². The molecule has 0 aliphatic carbocycles. The van der Waals surface area contributed by atoms with Crippen molar-refractivity contribution in [1.82, 2.24) is 5.32 Å². The van der Waals surface area contributed by atoms with Crippen molar-refractivity contribution < 1.29 is 29.6 Å². The lowest BCUT2D eigenvalue weighted by Crippen LogP contribution is -2.64. The number of ether oxygens (including phenoxy) is 2. The number of aliphatic hydroxyl groups is 3. The van der Waals surface area contributed by atoms with E-state index in [9.17, 15) is 15.0 Å². The summed E-state index contributed by atoms with van der Waals surface area (Å²) < 4.78 is 10.8. The molecule has 0 aromatic heterocycles. The standard InChI is InChI=1S/C11H21NO6/c1-5(2)17-11-8(12-6(3)14)10(16)9(15)7(4-13)18-11/h5,7-11,13,15-16H,4H2,1-3H3,(H,12,14)/t7?,8?,9-,10+,11?/m0/s1. The average Bonchev–Trinajstić information content (AvgIpc) is 2.27. The monoisotopic (exact) mass is 263 g/mol. The van der Waals surface area contributed by atoms with Crippen molar-refractivity contribution in [3.05, 3.63) is 0 Å². The number of rotatable bonds is 4. The Hall–Kier alpha value is -0.730. The van der Waals surface area contributed by atoms with Crippen LogP contribution in [-0.2, 0) is 14.3 Å². The van der Waals surface area contributed by atoms with Crippen LogP contribution in [0.1, 0.15) is 20.8 Å². The molecule has 7 heteroatoms. The van der Waals surface area contributed by atoms with Crippen molar-refractivity contribution in [3.8, 4) is 0 Å². The van der Waals surface area contributed by atoms with Crippen molar-refractivity contribution in [2.75, 3.05) is 6.61 Å². The van der Waals surface area contributed by atoms with Gasteiger partial charge in [0.15, 0.2) is 6.29 Å². The Morgan fingerprint density at radius 3 is 2.44 bits per heavy atom. The van der Waals surface area contributed by atoms with Gasteiger partial charge in [0.05, 0.1) is 12.7 Å². The quantitative estimate of drug-likeness (QED) is 0.484. The summed E-state index contributed by atoms with van der Waals surface area (Å²) in [7, 11) is 0. The van der Waals surface area contributed by atoms with Crippen LogP contribution in [0.5, 0.6) is 0 Å². The smallest absolute Gasteiger partial charge is 0.217 e. The SMILES string of the molecule is CC(=O)NC1C(OC(C)C)OC(CO)[C@H](O)[C@@H]1O. The van der Waals surface area contributed by atoms with Crippen LogP contribution in [0, 0.1) is 0 Å². The second-order valence-electron chi connectivity index (χ2n) is 4.62. The summed E-state index contributed by atoms with van der Waals surface area (Å²) in [5, 5.41) is 31.2. The molecule has 1 aliphatic heterocycles. The molecule has 5 atom stereocenters. The van der Waals surface area contributed by atoms with Crippen molar-refractivity contribution in [2.45, 2.75) is 57.5 Å². The summed E-state index contributed by atoms with van der Waals surface area (Å²) in [6, 6.07) is -0.873. The molecule has 3 unspecified atom stereocenters. The van der Waals surface area contributed by atoms with Crippen LogP contribution in [0.3, 0.4) is 0 Å². The average molecular weight is 263 g/mol. The van der Waals surface area contributed by atoms with Gasteiger partial charge in [0.2, 0.25) is 5.91 Å². The Labute approximate surface area is 106 Å². The Bertz CT molecular complexity index is 285. The van der Waals surface area contributed by atoms with Crippen LogP contribution >= 0.6 is 0 Å². The summed E-state index contributed by atoms with van der Waals surface area (Å²) in [5.74, 6) is -0.366. The van der Waals surface area contributed by atoms with Gasteiger partial charge < -0.3 is 30.1 Å². The second kappa shape index (κ2) is 6.44. The first kappa shape index (κ1) is 15.3. The van der Waals surface area contributed by atoms with E-state index in [-0.39, 0.29) is 12.0 Å². The van der Waals surface area contributed by atoms with E-state index >= 15 is 0 Å². The Morgan fingerprint density at radius 1 is 1.39 bits per heavy atom. The molecule has 18 heavy (non-hydrogen) atoms. The molecule has 0 bridgehead atoms. The van der Waals surface area contributed by atoms with Gasteiger partial charge in [-0.15, -0.1) is 0 Å². The highest BCUT2D eigenvalue weighted by Gasteiger charge is 2.45. The molecule has 1 fully saturated rings. The largest absolute Gasteiger partial charge is 0.394 e. The number of aliphatic hydroxyl groups excluding tert-OH is 3. The fraction of sp³-hybridized carbons (Fsp3) is 0.909. The molecule has 1 rings (SSSR count). The minimum Gasteiger partial charge on any atom is -0.394 e. The van der Waals surface area contributed by atoms with Crippen LogP contribution < -0.4 is 5.32 Å². The van der Waals surface area contributed by atoms with Gasteiger partial charge in [0.25, 0.3) is 0 Å². The van der Waals surface area contributed by atoms with Gasteiger partial charge >= 0.3 is 0 Å². The molecule has 0 aromatic rings. The zero-order valence-corrected chi connectivity index (χ0v) is 10.7. The minimum absolute atomic E-state index is 0.187. The molecule has 0 saturated carbocycles. The second-order valence-corrected chi connectivity index (χ2v) is 4.62. The molecular formula is C11H21NO6. The van der Waals surface area contributed by atoms with Crippen molar-refractivity contribution in [2.24, 2.45) is 0 Å². The zero-order valence-electron chi connectivity index (χ0n) is 10.7. The first-order chi connectivity index (χ1) is 8.36. The van der Waals surface area contributed by atoms with Gasteiger partial charge in [-0.1, -0.05) is 0 Å². The predicted molar refractivity (Wildman–Crippen MR) is 61.6 cm³/mol. The molecule has 1 heterocycles. The van der Waals surface area contributed by atoms with Crippen LogP contribution in [0.4, 0.5) is 0 Å². The highest BCUT2D eigenvalue weighted by molar-refractivity contribution is 5.73. The minimum atomic E-state index is -1.28. The molecule has 106 valence electrons. The van der Waals surface area contributed by atoms with Gasteiger partial charge in [-0.2, -0.15) is 0 Å². The number of carbonyl (C=O) groups excluding carboxylic acids is 1. The number of hydrogen-bond donors (Lipinski definition) is 4. The van der Waals surface area contributed by atoms with Crippen molar-refractivity contribution in [3.63, 3.8) is 0 Å². The van der Waals surface area contributed by atoms with E-state index in [1.165, 1.54) is 6.92 Å². The topological polar surface area (TPSA) is 108 Å². The lowest BCUT2D eigenvalue weighted by atomic mass is 9.97. The van der Waals surface area contributed by atoms with E-state index in [1.807, 2.05) is 0 Å². The van der Waals surface area contributed by atoms with E-state index in [4.69, 9.17) is 14.6 Å². The number of amides is 1. The molecule has 1 aliphatic rings. The van der Waals surface area contributed by atoms with Gasteiger partial charge in [-0.05, 0) is 13.8 Å². The van der Waals surface area contributed by atoms with Crippen LogP contribution in [-0.4, -0.2) is 64.6 Å². The van der Waals surface area contributed by atoms with Gasteiger partial charge in [-0.3, -0.25) is 4.79 Å². The van der Waals surface area contributed by atoms with Crippen LogP contribution in [0.25, 0.3) is 0 Å². The highest BCUT2D eigenvalue weighted by Crippen LogP contribution is 2.22. The van der Waals surface area contributed by atoms with E-state index in [0.29, 0.717) is 0 Å². The van der Waals surface area contributed by atoms with Gasteiger partial charge in [-0.25, -0.2) is 0 Å². The molecule has 1 saturated heterocycles. The maximum absolute atomic E-state index is 11.1. The summed E-state index contributed by atoms with van der Waals surface area (Å²) in [6.45, 7) is 4.41. The summed E-state index contributed by atoms with van der Waals surface area (Å²) in [5.41, 5.74) is 0. The third-order valence-corrected chi connectivity index (χ3v) is 2.66. The van der Waals surface area contributed by atoms with E-state index in [1.54, 1.807) is 13.8 Å². The highest BCUT2D eigenvalue weighted by atomic mass is 16.7. The Morgan fingerprint density at radius 2 is 2.00 bits per heavy atom. The molecule has 0 spiro atoms. The fourth-order valence-corrected chi connectivity index (χ4v) is 1.85. The molecule has 0 aromatic carbocycles. The number of nitrogens with one attached hydrogen (secondary N) is 1. The molecule has 7 nitrogen and oxygen atoms in total. The third kappa shape index (κ3) is 3.63. The summed E-state index contributed by atoms with van der Waals surface area (Å²) in [4.78, 5) is 11.1. The summed E-state index contributed by atoms with van der Waals surface area (Å²) >= 11 is 0. The van der Waals surface area contributed by atoms with Gasteiger partial charge in [0, 0.05) is 6.92 Å².